The molecule has 0 saturated carbocycles. The van der Waals surface area contributed by atoms with E-state index in [0.717, 1.165) is 27.6 Å². The van der Waals surface area contributed by atoms with Gasteiger partial charge in [-0.2, -0.15) is 9.29 Å². The predicted molar refractivity (Wildman–Crippen MR) is 188 cm³/mol. The Hall–Kier alpha value is -4.66. The highest BCUT2D eigenvalue weighted by atomic mass is 31.3. The second-order valence-corrected chi connectivity index (χ2v) is 15.2. The number of benzene rings is 2. The molecule has 1 fully saturated rings. The van der Waals surface area contributed by atoms with Crippen molar-refractivity contribution in [1.82, 2.24) is 39.8 Å². The Morgan fingerprint density at radius 3 is 2.48 bits per heavy atom. The lowest BCUT2D eigenvalue weighted by Gasteiger charge is -2.19. The van der Waals surface area contributed by atoms with Crippen molar-refractivity contribution in [3.63, 3.8) is 0 Å². The molecule has 0 radical (unpaired) electrons. The summed E-state index contributed by atoms with van der Waals surface area (Å²) >= 11 is 0. The van der Waals surface area contributed by atoms with Crippen LogP contribution in [-0.2, 0) is 51.7 Å². The van der Waals surface area contributed by atoms with Crippen LogP contribution in [0.4, 0.5) is 5.95 Å². The number of hydrogen-bond acceptors (Lipinski definition) is 15. The second-order valence-electron chi connectivity index (χ2n) is 12.2. The van der Waals surface area contributed by atoms with Crippen LogP contribution in [0, 0.1) is 0 Å². The molecule has 6 rings (SSSR count). The predicted octanol–water partition coefficient (Wildman–Crippen LogP) is 1.52. The number of amides is 1. The van der Waals surface area contributed by atoms with Gasteiger partial charge < -0.3 is 35.8 Å². The summed E-state index contributed by atoms with van der Waals surface area (Å²) in [6.45, 7) is -0.715. The van der Waals surface area contributed by atoms with Crippen LogP contribution in [0.2, 0.25) is 0 Å². The van der Waals surface area contributed by atoms with Crippen molar-refractivity contribution < 1.29 is 52.0 Å². The maximum Gasteiger partial charge on any atom is 0.481 e. The minimum atomic E-state index is -5.30. The molecule has 5 aromatic rings. The Labute approximate surface area is 305 Å². The van der Waals surface area contributed by atoms with E-state index in [-0.39, 0.29) is 28.7 Å². The molecule has 0 aliphatic carbocycles. The van der Waals surface area contributed by atoms with Crippen molar-refractivity contribution in [3.05, 3.63) is 88.7 Å². The summed E-state index contributed by atoms with van der Waals surface area (Å²) in [5.41, 5.74) is 8.01. The zero-order valence-electron chi connectivity index (χ0n) is 28.3. The number of carbonyl (C=O) groups is 1. The highest BCUT2D eigenvalue weighted by Crippen LogP contribution is 2.60. The van der Waals surface area contributed by atoms with Crippen LogP contribution in [0.5, 0.6) is 0 Å². The topological polar surface area (TPSA) is 301 Å². The van der Waals surface area contributed by atoms with E-state index in [4.69, 9.17) is 19.5 Å². The van der Waals surface area contributed by atoms with Crippen molar-refractivity contribution in [2.75, 3.05) is 12.3 Å². The van der Waals surface area contributed by atoms with Gasteiger partial charge in [0, 0.05) is 19.5 Å². The normalized spacial score (nSPS) is 20.8. The van der Waals surface area contributed by atoms with Gasteiger partial charge in [-0.1, -0.05) is 59.8 Å². The van der Waals surface area contributed by atoms with Gasteiger partial charge in [-0.3, -0.25) is 32.9 Å². The fourth-order valence-electron chi connectivity index (χ4n) is 5.53. The first-order valence-corrected chi connectivity index (χ1v) is 19.5. The van der Waals surface area contributed by atoms with E-state index in [1.54, 1.807) is 0 Å². The fraction of sp³-hybridized carbons (Fsp3) is 0.355. The molecule has 54 heavy (non-hydrogen) atoms. The number of phosphoric acid groups is 2. The van der Waals surface area contributed by atoms with E-state index >= 15 is 0 Å². The van der Waals surface area contributed by atoms with Gasteiger partial charge in [0.15, 0.2) is 17.4 Å². The third-order valence-electron chi connectivity index (χ3n) is 8.22. The van der Waals surface area contributed by atoms with E-state index in [0.29, 0.717) is 32.4 Å². The summed E-state index contributed by atoms with van der Waals surface area (Å²) < 4.78 is 46.9. The molecule has 1 saturated heterocycles. The monoisotopic (exact) mass is 789 g/mol. The third kappa shape index (κ3) is 9.90. The van der Waals surface area contributed by atoms with Gasteiger partial charge in [0.2, 0.25) is 11.9 Å². The first-order valence-electron chi connectivity index (χ1n) is 16.5. The van der Waals surface area contributed by atoms with E-state index in [2.05, 4.69) is 34.9 Å². The number of nitrogens with one attached hydrogen (secondary N) is 2. The van der Waals surface area contributed by atoms with Crippen molar-refractivity contribution in [3.8, 4) is 11.1 Å². The number of aliphatic hydroxyl groups is 2. The lowest BCUT2D eigenvalue weighted by molar-refractivity contribution is -0.121. The minimum absolute atomic E-state index is 0.0683. The molecule has 21 nitrogen and oxygen atoms in total. The molecule has 0 bridgehead atoms. The summed E-state index contributed by atoms with van der Waals surface area (Å²) in [6.07, 6.45) is -2.16. The molecule has 1 aliphatic heterocycles. The zero-order chi connectivity index (χ0) is 38.5. The highest BCUT2D eigenvalue weighted by Gasteiger charge is 2.46. The van der Waals surface area contributed by atoms with Crippen LogP contribution in [0.3, 0.4) is 0 Å². The second kappa shape index (κ2) is 16.8. The third-order valence-corrected chi connectivity index (χ3v) is 10.8. The molecular formula is C31H37N9O12P2. The van der Waals surface area contributed by atoms with Gasteiger partial charge in [0.05, 0.1) is 19.1 Å². The van der Waals surface area contributed by atoms with Gasteiger partial charge in [-0.05, 0) is 29.5 Å². The lowest BCUT2D eigenvalue weighted by atomic mass is 10.0. The molecule has 6 unspecified atom stereocenters. The summed E-state index contributed by atoms with van der Waals surface area (Å²) in [5, 5.41) is 31.6. The number of imidazole rings is 1. The highest BCUT2D eigenvalue weighted by molar-refractivity contribution is 7.61. The number of aromatic amines is 1. The molecule has 6 atom stereocenters. The van der Waals surface area contributed by atoms with E-state index in [1.807, 2.05) is 54.6 Å². The number of aromatic nitrogens is 7. The Balaban J connectivity index is 0.892. The van der Waals surface area contributed by atoms with Crippen LogP contribution in [0.1, 0.15) is 36.7 Å². The van der Waals surface area contributed by atoms with E-state index < -0.39 is 59.0 Å². The molecule has 288 valence electrons. The maximum atomic E-state index is 12.5. The van der Waals surface area contributed by atoms with Crippen molar-refractivity contribution in [1.29, 1.82) is 0 Å². The minimum Gasteiger partial charge on any atom is -0.387 e. The molecule has 8 N–H and O–H groups in total. The van der Waals surface area contributed by atoms with Gasteiger partial charge in [0.1, 0.15) is 30.6 Å². The van der Waals surface area contributed by atoms with Crippen molar-refractivity contribution >= 4 is 38.7 Å². The number of nitrogens with zero attached hydrogens (tertiary/aromatic N) is 6. The van der Waals surface area contributed by atoms with Gasteiger partial charge in [0.25, 0.3) is 5.56 Å². The average molecular weight is 790 g/mol. The molecule has 4 heterocycles. The first kappa shape index (κ1) is 39.0. The average Bonchev–Trinajstić information content (AvgIpc) is 3.85. The number of unbranched alkanes of at least 4 members (excludes halogenated alkanes) is 1. The largest absolute Gasteiger partial charge is 0.481 e. The summed E-state index contributed by atoms with van der Waals surface area (Å²) in [4.78, 5) is 54.6. The molecule has 23 heteroatoms. The number of rotatable bonds is 17. The maximum absolute atomic E-state index is 12.5. The Morgan fingerprint density at radius 1 is 1.00 bits per heavy atom. The van der Waals surface area contributed by atoms with Crippen LogP contribution in [-0.4, -0.2) is 85.3 Å². The van der Waals surface area contributed by atoms with Crippen LogP contribution in [0.25, 0.3) is 22.3 Å². The zero-order valence-corrected chi connectivity index (χ0v) is 30.1. The van der Waals surface area contributed by atoms with Crippen LogP contribution < -0.4 is 16.6 Å². The fourth-order valence-corrected chi connectivity index (χ4v) is 7.58. The number of H-pyrrole nitrogens is 1. The molecular weight excluding hydrogens is 752 g/mol. The standard InChI is InChI=1S/C31H37N9O12P2/c32-31-35-28-25(29(44)36-31)34-18-40(28)30-27(43)26(42)23(51-30)17-50-54(47,48)52-53(45,46)49-16-22-15-39(38-37-22)13-5-4-8-24(41)33-14-19-9-11-21(12-10-19)20-6-2-1-3-7-20/h1-3,6-7,9-12,15,18,23,26-27,30,42-43H,4-5,8,13-14,16-17H2,(H,33,41)(H,45,46)(H,47,48)(H3,32,35,36,44). The smallest absolute Gasteiger partial charge is 0.387 e. The summed E-state index contributed by atoms with van der Waals surface area (Å²) in [5.74, 6) is -0.342. The van der Waals surface area contributed by atoms with Crippen molar-refractivity contribution in [2.45, 2.75) is 63.5 Å². The molecule has 1 amide bonds. The number of hydrogen-bond donors (Lipinski definition) is 7. The Kier molecular flexibility index (Phi) is 12.1. The number of aliphatic hydroxyl groups excluding tert-OH is 2. The molecule has 2 aromatic carbocycles. The number of nitrogen functional groups attached to an aromatic ring is 1. The first-order chi connectivity index (χ1) is 25.8. The number of aryl methyl sites for hydroxylation is 1. The van der Waals surface area contributed by atoms with E-state index in [9.17, 15) is 38.7 Å². The Bertz CT molecular complexity index is 2220. The number of ether oxygens (including phenoxy) is 1. The number of anilines is 1. The van der Waals surface area contributed by atoms with Gasteiger partial charge in [-0.25, -0.2) is 14.1 Å². The van der Waals surface area contributed by atoms with Gasteiger partial charge in [-0.15, -0.1) is 5.10 Å². The molecule has 1 aliphatic rings. The Morgan fingerprint density at radius 2 is 1.72 bits per heavy atom. The number of phosphoric ester groups is 2. The van der Waals surface area contributed by atoms with Crippen LogP contribution >= 0.6 is 15.6 Å². The summed E-state index contributed by atoms with van der Waals surface area (Å²) in [6, 6.07) is 18.0. The number of nitrogens with two attached hydrogens (primary N) is 1. The number of fused-ring (bicyclic) bond motifs is 1. The lowest BCUT2D eigenvalue weighted by Crippen LogP contribution is -2.33. The number of carbonyl (C=O) groups excluding carboxylic acids is 1. The van der Waals surface area contributed by atoms with E-state index in [1.165, 1.54) is 10.9 Å². The molecule has 3 aromatic heterocycles. The SMILES string of the molecule is Nc1nc2c(ncn2C2OC(COP(=O)(O)OP(=O)(O)OCc3cn(CCCCC(=O)NCc4ccc(-c5ccccc5)cc4)nn3)C(O)C2O)c(=O)[nH]1. The quantitative estimate of drug-likeness (QED) is 0.0519. The van der Waals surface area contributed by atoms with Crippen LogP contribution in [0.15, 0.2) is 71.9 Å². The molecule has 0 spiro atoms. The summed E-state index contributed by atoms with van der Waals surface area (Å²) in [7, 11) is -10.5. The van der Waals surface area contributed by atoms with Gasteiger partial charge >= 0.3 is 15.6 Å². The van der Waals surface area contributed by atoms with Crippen molar-refractivity contribution in [2.24, 2.45) is 0 Å².